The lowest BCUT2D eigenvalue weighted by Gasteiger charge is -2.14. The van der Waals surface area contributed by atoms with Crippen molar-refractivity contribution in [3.8, 4) is 0 Å². The van der Waals surface area contributed by atoms with Gasteiger partial charge in [-0.15, -0.1) is 0 Å². The van der Waals surface area contributed by atoms with Crippen LogP contribution >= 0.6 is 0 Å². The Kier molecular flexibility index (Phi) is 5.40. The summed E-state index contributed by atoms with van der Waals surface area (Å²) >= 11 is 0. The molecule has 0 bridgehead atoms. The van der Waals surface area contributed by atoms with Gasteiger partial charge in [0.2, 0.25) is 5.91 Å². The van der Waals surface area contributed by atoms with Gasteiger partial charge in [-0.1, -0.05) is 0 Å². The van der Waals surface area contributed by atoms with Gasteiger partial charge in [0.15, 0.2) is 9.84 Å². The molecular formula is C14H17FN2O6S. The monoisotopic (exact) mass is 360 g/mol. The van der Waals surface area contributed by atoms with E-state index in [-0.39, 0.29) is 24.7 Å². The number of aliphatic hydroxyl groups excluding tert-OH is 1. The second-order valence-corrected chi connectivity index (χ2v) is 7.29. The van der Waals surface area contributed by atoms with E-state index in [1.165, 1.54) is 13.0 Å². The fraction of sp³-hybridized carbons (Fsp3) is 0.429. The Labute approximate surface area is 138 Å². The Bertz CT molecular complexity index is 752. The van der Waals surface area contributed by atoms with Crippen molar-refractivity contribution in [3.63, 3.8) is 0 Å². The zero-order chi connectivity index (χ0) is 17.9. The summed E-state index contributed by atoms with van der Waals surface area (Å²) in [6, 6.07) is 3.26. The van der Waals surface area contributed by atoms with Crippen molar-refractivity contribution in [2.24, 2.45) is 0 Å². The van der Waals surface area contributed by atoms with Gasteiger partial charge in [-0.05, 0) is 18.2 Å². The van der Waals surface area contributed by atoms with Crippen LogP contribution in [-0.2, 0) is 19.4 Å². The number of nitrogens with one attached hydrogen (secondary N) is 1. The maximum absolute atomic E-state index is 14.1. The SMILES string of the molecule is CC(=O)NC[C@H]1CN(c2ccc(S(=O)(=O)CCO)c(F)c2)C(=O)O1. The minimum atomic E-state index is -3.93. The number of nitrogens with zero attached hydrogens (tertiary/aromatic N) is 1. The van der Waals surface area contributed by atoms with Crippen molar-refractivity contribution >= 4 is 27.5 Å². The van der Waals surface area contributed by atoms with Crippen LogP contribution in [-0.4, -0.2) is 57.1 Å². The number of ether oxygens (including phenoxy) is 1. The van der Waals surface area contributed by atoms with E-state index in [4.69, 9.17) is 9.84 Å². The quantitative estimate of drug-likeness (QED) is 0.741. The summed E-state index contributed by atoms with van der Waals surface area (Å²) in [6.07, 6.45) is -1.29. The maximum atomic E-state index is 14.1. The molecule has 0 aromatic heterocycles. The summed E-state index contributed by atoms with van der Waals surface area (Å²) in [4.78, 5) is 23.3. The molecule has 1 atom stereocenters. The van der Waals surface area contributed by atoms with Crippen molar-refractivity contribution in [3.05, 3.63) is 24.0 Å². The molecule has 2 N–H and O–H groups in total. The van der Waals surface area contributed by atoms with Crippen molar-refractivity contribution in [1.82, 2.24) is 5.32 Å². The number of hydrogen-bond acceptors (Lipinski definition) is 6. The zero-order valence-electron chi connectivity index (χ0n) is 12.9. The van der Waals surface area contributed by atoms with Crippen LogP contribution in [0.1, 0.15) is 6.92 Å². The molecule has 24 heavy (non-hydrogen) atoms. The van der Waals surface area contributed by atoms with Crippen molar-refractivity contribution < 1.29 is 32.2 Å². The summed E-state index contributed by atoms with van der Waals surface area (Å²) in [5, 5.41) is 11.2. The van der Waals surface area contributed by atoms with Crippen LogP contribution in [0.25, 0.3) is 0 Å². The Morgan fingerprint density at radius 3 is 2.79 bits per heavy atom. The van der Waals surface area contributed by atoms with E-state index in [1.54, 1.807) is 0 Å². The smallest absolute Gasteiger partial charge is 0.414 e. The maximum Gasteiger partial charge on any atom is 0.414 e. The van der Waals surface area contributed by atoms with Gasteiger partial charge in [-0.3, -0.25) is 9.69 Å². The molecule has 132 valence electrons. The first-order valence-electron chi connectivity index (χ1n) is 7.10. The molecule has 1 fully saturated rings. The van der Waals surface area contributed by atoms with Gasteiger partial charge in [-0.25, -0.2) is 17.6 Å². The number of sulfone groups is 1. The van der Waals surface area contributed by atoms with Crippen LogP contribution in [0.5, 0.6) is 0 Å². The van der Waals surface area contributed by atoms with E-state index < -0.39 is 45.1 Å². The molecule has 1 aromatic rings. The first kappa shape index (κ1) is 18.1. The van der Waals surface area contributed by atoms with Crippen LogP contribution in [0.4, 0.5) is 14.9 Å². The number of halogens is 1. The Morgan fingerprint density at radius 2 is 2.21 bits per heavy atom. The third kappa shape index (κ3) is 4.01. The Hall–Kier alpha value is -2.20. The van der Waals surface area contributed by atoms with Crippen LogP contribution in [0.2, 0.25) is 0 Å². The molecule has 1 aliphatic rings. The second kappa shape index (κ2) is 7.14. The molecule has 2 amide bonds. The van der Waals surface area contributed by atoms with Crippen LogP contribution in [0.15, 0.2) is 23.1 Å². The summed E-state index contributed by atoms with van der Waals surface area (Å²) < 4.78 is 42.8. The fourth-order valence-corrected chi connectivity index (χ4v) is 3.33. The summed E-state index contributed by atoms with van der Waals surface area (Å²) in [5.41, 5.74) is 0.144. The molecule has 1 saturated heterocycles. The molecule has 1 aromatic carbocycles. The van der Waals surface area contributed by atoms with E-state index in [9.17, 15) is 22.4 Å². The van der Waals surface area contributed by atoms with Crippen LogP contribution < -0.4 is 10.2 Å². The van der Waals surface area contributed by atoms with E-state index in [0.717, 1.165) is 17.0 Å². The molecule has 1 heterocycles. The average molecular weight is 360 g/mol. The minimum Gasteiger partial charge on any atom is -0.442 e. The molecule has 0 unspecified atom stereocenters. The molecule has 0 radical (unpaired) electrons. The van der Waals surface area contributed by atoms with Gasteiger partial charge in [0.05, 0.1) is 31.1 Å². The summed E-state index contributed by atoms with van der Waals surface area (Å²) in [6.45, 7) is 0.937. The van der Waals surface area contributed by atoms with E-state index in [1.807, 2.05) is 0 Å². The highest BCUT2D eigenvalue weighted by Crippen LogP contribution is 2.26. The number of aliphatic hydroxyl groups is 1. The van der Waals surface area contributed by atoms with Crippen molar-refractivity contribution in [2.45, 2.75) is 17.9 Å². The molecule has 0 aliphatic carbocycles. The molecule has 0 spiro atoms. The third-order valence-corrected chi connectivity index (χ3v) is 5.10. The van der Waals surface area contributed by atoms with Gasteiger partial charge >= 0.3 is 6.09 Å². The predicted molar refractivity (Wildman–Crippen MR) is 81.8 cm³/mol. The lowest BCUT2D eigenvalue weighted by atomic mass is 10.2. The number of rotatable bonds is 6. The van der Waals surface area contributed by atoms with Crippen LogP contribution in [0.3, 0.4) is 0 Å². The molecule has 2 rings (SSSR count). The number of benzene rings is 1. The summed E-state index contributed by atoms with van der Waals surface area (Å²) in [5.74, 6) is -1.87. The van der Waals surface area contributed by atoms with E-state index in [0.29, 0.717) is 0 Å². The molecule has 10 heteroatoms. The highest BCUT2D eigenvalue weighted by molar-refractivity contribution is 7.91. The number of hydrogen-bond donors (Lipinski definition) is 2. The number of carbonyl (C=O) groups is 2. The molecule has 0 saturated carbocycles. The molecule has 1 aliphatic heterocycles. The fourth-order valence-electron chi connectivity index (χ4n) is 2.24. The van der Waals surface area contributed by atoms with Gasteiger partial charge in [0.1, 0.15) is 16.8 Å². The predicted octanol–water partition coefficient (Wildman–Crippen LogP) is 0.0530. The zero-order valence-corrected chi connectivity index (χ0v) is 13.7. The van der Waals surface area contributed by atoms with Gasteiger partial charge in [0, 0.05) is 6.92 Å². The average Bonchev–Trinajstić information content (AvgIpc) is 2.85. The standard InChI is InChI=1S/C14H17FN2O6S/c1-9(19)16-7-11-8-17(14(20)23-11)10-2-3-13(12(15)6-10)24(21,22)5-4-18/h2-3,6,11,18H,4-5,7-8H2,1H3,(H,16,19)/t11-/m0/s1. The van der Waals surface area contributed by atoms with Crippen molar-refractivity contribution in [1.29, 1.82) is 0 Å². The van der Waals surface area contributed by atoms with Crippen LogP contribution in [0, 0.1) is 5.82 Å². The Morgan fingerprint density at radius 1 is 1.50 bits per heavy atom. The topological polar surface area (TPSA) is 113 Å². The number of amides is 2. The number of anilines is 1. The molecular weight excluding hydrogens is 343 g/mol. The lowest BCUT2D eigenvalue weighted by Crippen LogP contribution is -2.33. The minimum absolute atomic E-state index is 0.0985. The summed E-state index contributed by atoms with van der Waals surface area (Å²) in [7, 11) is -3.93. The van der Waals surface area contributed by atoms with Gasteiger partial charge < -0.3 is 15.2 Å². The largest absolute Gasteiger partial charge is 0.442 e. The van der Waals surface area contributed by atoms with Crippen molar-refractivity contribution in [2.75, 3.05) is 30.3 Å². The number of cyclic esters (lactones) is 1. The Balaban J connectivity index is 2.17. The third-order valence-electron chi connectivity index (χ3n) is 3.37. The lowest BCUT2D eigenvalue weighted by molar-refractivity contribution is -0.119. The van der Waals surface area contributed by atoms with Gasteiger partial charge in [0.25, 0.3) is 0 Å². The molecule has 8 nitrogen and oxygen atoms in total. The van der Waals surface area contributed by atoms with Gasteiger partial charge in [-0.2, -0.15) is 0 Å². The number of carbonyl (C=O) groups excluding carboxylic acids is 2. The first-order chi connectivity index (χ1) is 11.2. The highest BCUT2D eigenvalue weighted by atomic mass is 32.2. The normalized spacial score (nSPS) is 17.7. The van der Waals surface area contributed by atoms with E-state index >= 15 is 0 Å². The first-order valence-corrected chi connectivity index (χ1v) is 8.75. The van der Waals surface area contributed by atoms with E-state index in [2.05, 4.69) is 5.32 Å². The highest BCUT2D eigenvalue weighted by Gasteiger charge is 2.33. The second-order valence-electron chi connectivity index (χ2n) is 5.21.